The fourth-order valence-electron chi connectivity index (χ4n) is 3.70. The van der Waals surface area contributed by atoms with Crippen molar-refractivity contribution in [1.29, 1.82) is 0 Å². The van der Waals surface area contributed by atoms with Crippen LogP contribution in [0.3, 0.4) is 0 Å². The van der Waals surface area contributed by atoms with Gasteiger partial charge in [0.25, 0.3) is 11.8 Å². The second-order valence-corrected chi connectivity index (χ2v) is 7.82. The molecule has 0 bridgehead atoms. The summed E-state index contributed by atoms with van der Waals surface area (Å²) in [5.41, 5.74) is 0.986. The summed E-state index contributed by atoms with van der Waals surface area (Å²) in [7, 11) is 0. The van der Waals surface area contributed by atoms with Crippen molar-refractivity contribution in [3.63, 3.8) is 0 Å². The molecule has 2 aromatic carbocycles. The minimum Gasteiger partial charge on any atom is -0.436 e. The molecular formula is C22H20FN3O4. The number of hydrogen-bond donors (Lipinski definition) is 1. The zero-order chi connectivity index (χ0) is 20.9. The van der Waals surface area contributed by atoms with E-state index in [0.717, 1.165) is 0 Å². The van der Waals surface area contributed by atoms with Gasteiger partial charge in [-0.2, -0.15) is 0 Å². The summed E-state index contributed by atoms with van der Waals surface area (Å²) < 4.78 is 18.9. The lowest BCUT2D eigenvalue weighted by atomic mass is 10.1. The molecular weight excluding hydrogens is 389 g/mol. The third-order valence-corrected chi connectivity index (χ3v) is 5.71. The number of carbonyl (C=O) groups is 2. The molecule has 2 amide bonds. The number of benzene rings is 2. The number of piperazine rings is 1. The Labute approximate surface area is 171 Å². The van der Waals surface area contributed by atoms with E-state index in [4.69, 9.17) is 4.42 Å². The highest BCUT2D eigenvalue weighted by atomic mass is 19.1. The van der Waals surface area contributed by atoms with Gasteiger partial charge in [-0.25, -0.2) is 9.37 Å². The number of carbonyl (C=O) groups excluding carboxylic acids is 2. The first kappa shape index (κ1) is 18.7. The van der Waals surface area contributed by atoms with Crippen LogP contribution < -0.4 is 0 Å². The Bertz CT molecular complexity index is 1130. The van der Waals surface area contributed by atoms with Crippen molar-refractivity contribution < 1.29 is 23.5 Å². The standard InChI is InChI=1S/C22H20FN3O4/c23-16-5-6-17-18(13-16)30-19(24-17)14-1-3-15(4-2-14)20(27)25-9-11-26(12-10-25)21(28)22(29)7-8-22/h1-6,13,29H,7-12H2. The SMILES string of the molecule is O=C(c1ccc(-c2nc3ccc(F)cc3o2)cc1)N1CCN(C(=O)C2(O)CC2)CC1. The fourth-order valence-corrected chi connectivity index (χ4v) is 3.70. The van der Waals surface area contributed by atoms with Gasteiger partial charge in [0.05, 0.1) is 0 Å². The first-order valence-corrected chi connectivity index (χ1v) is 9.90. The number of amides is 2. The lowest BCUT2D eigenvalue weighted by Crippen LogP contribution is -2.53. The van der Waals surface area contributed by atoms with Crippen molar-refractivity contribution >= 4 is 22.9 Å². The van der Waals surface area contributed by atoms with Crippen molar-refractivity contribution in [2.24, 2.45) is 0 Å². The van der Waals surface area contributed by atoms with Gasteiger partial charge in [0.1, 0.15) is 16.9 Å². The number of oxazole rings is 1. The largest absolute Gasteiger partial charge is 0.436 e. The Morgan fingerprint density at radius 2 is 1.67 bits per heavy atom. The van der Waals surface area contributed by atoms with Crippen LogP contribution in [0.1, 0.15) is 23.2 Å². The first-order valence-electron chi connectivity index (χ1n) is 9.90. The second-order valence-electron chi connectivity index (χ2n) is 7.82. The van der Waals surface area contributed by atoms with Gasteiger partial charge in [-0.15, -0.1) is 0 Å². The van der Waals surface area contributed by atoms with Crippen molar-refractivity contribution in [2.75, 3.05) is 26.2 Å². The van der Waals surface area contributed by atoms with Crippen molar-refractivity contribution in [3.8, 4) is 11.5 Å². The number of rotatable bonds is 3. The smallest absolute Gasteiger partial charge is 0.254 e. The molecule has 1 N–H and O–H groups in total. The first-order chi connectivity index (χ1) is 14.4. The van der Waals surface area contributed by atoms with Crippen molar-refractivity contribution in [2.45, 2.75) is 18.4 Å². The van der Waals surface area contributed by atoms with Crippen LogP contribution in [0.25, 0.3) is 22.6 Å². The van der Waals surface area contributed by atoms with Crippen LogP contribution in [0.5, 0.6) is 0 Å². The molecule has 1 aromatic heterocycles. The molecule has 8 heteroatoms. The molecule has 7 nitrogen and oxygen atoms in total. The van der Waals surface area contributed by atoms with Crippen LogP contribution in [-0.2, 0) is 4.79 Å². The minimum absolute atomic E-state index is 0.113. The van der Waals surface area contributed by atoms with Crippen LogP contribution in [0, 0.1) is 5.82 Å². The average molecular weight is 409 g/mol. The minimum atomic E-state index is -1.17. The summed E-state index contributed by atoms with van der Waals surface area (Å²) in [6.07, 6.45) is 1.04. The van der Waals surface area contributed by atoms with E-state index in [2.05, 4.69) is 4.98 Å². The maximum Gasteiger partial charge on any atom is 0.254 e. The molecule has 1 aliphatic carbocycles. The van der Waals surface area contributed by atoms with E-state index in [1.165, 1.54) is 12.1 Å². The highest BCUT2D eigenvalue weighted by molar-refractivity contribution is 5.95. The van der Waals surface area contributed by atoms with Crippen molar-refractivity contribution in [3.05, 3.63) is 53.8 Å². The Kier molecular flexibility index (Phi) is 4.32. The number of aromatic nitrogens is 1. The van der Waals surface area contributed by atoms with E-state index in [1.807, 2.05) is 0 Å². The van der Waals surface area contributed by atoms with Crippen molar-refractivity contribution in [1.82, 2.24) is 14.8 Å². The van der Waals surface area contributed by atoms with Gasteiger partial charge in [-0.05, 0) is 49.2 Å². The predicted molar refractivity (Wildman–Crippen MR) is 106 cm³/mol. The summed E-state index contributed by atoms with van der Waals surface area (Å²) >= 11 is 0. The molecule has 154 valence electrons. The van der Waals surface area contributed by atoms with Gasteiger partial charge in [0, 0.05) is 43.4 Å². The molecule has 30 heavy (non-hydrogen) atoms. The summed E-state index contributed by atoms with van der Waals surface area (Å²) in [5, 5.41) is 9.98. The van der Waals surface area contributed by atoms with Gasteiger partial charge in [-0.3, -0.25) is 9.59 Å². The number of fused-ring (bicyclic) bond motifs is 1. The maximum atomic E-state index is 13.3. The monoisotopic (exact) mass is 409 g/mol. The molecule has 1 saturated carbocycles. The van der Waals surface area contributed by atoms with Crippen LogP contribution in [0.4, 0.5) is 4.39 Å². The van der Waals surface area contributed by atoms with E-state index >= 15 is 0 Å². The molecule has 0 unspecified atom stereocenters. The zero-order valence-corrected chi connectivity index (χ0v) is 16.2. The number of halogens is 1. The van der Waals surface area contributed by atoms with Crippen LogP contribution in [0.15, 0.2) is 46.9 Å². The van der Waals surface area contributed by atoms with Gasteiger partial charge in [0.2, 0.25) is 5.89 Å². The van der Waals surface area contributed by atoms with E-state index in [0.29, 0.717) is 67.1 Å². The fraction of sp³-hybridized carbons (Fsp3) is 0.318. The van der Waals surface area contributed by atoms with Crippen LogP contribution >= 0.6 is 0 Å². The molecule has 3 aromatic rings. The Morgan fingerprint density at radius 1 is 1.00 bits per heavy atom. The molecule has 5 rings (SSSR count). The lowest BCUT2D eigenvalue weighted by molar-refractivity contribution is -0.143. The molecule has 0 atom stereocenters. The van der Waals surface area contributed by atoms with Gasteiger partial charge < -0.3 is 19.3 Å². The van der Waals surface area contributed by atoms with E-state index < -0.39 is 5.60 Å². The van der Waals surface area contributed by atoms with Gasteiger partial charge >= 0.3 is 0 Å². The van der Waals surface area contributed by atoms with E-state index in [1.54, 1.807) is 40.1 Å². The summed E-state index contributed by atoms with van der Waals surface area (Å²) in [6, 6.07) is 11.1. The third-order valence-electron chi connectivity index (χ3n) is 5.71. The number of hydrogen-bond acceptors (Lipinski definition) is 5. The molecule has 0 spiro atoms. The molecule has 1 saturated heterocycles. The normalized spacial score (nSPS) is 17.9. The topological polar surface area (TPSA) is 86.9 Å². The Hall–Kier alpha value is -3.26. The predicted octanol–water partition coefficient (Wildman–Crippen LogP) is 2.44. The van der Waals surface area contributed by atoms with E-state index in [9.17, 15) is 19.1 Å². The average Bonchev–Trinajstić information content (AvgIpc) is 3.38. The summed E-state index contributed by atoms with van der Waals surface area (Å²) in [5.74, 6) is -0.366. The highest BCUT2D eigenvalue weighted by Gasteiger charge is 2.50. The number of nitrogens with zero attached hydrogens (tertiary/aromatic N) is 3. The third kappa shape index (κ3) is 3.33. The number of aliphatic hydroxyl groups is 1. The highest BCUT2D eigenvalue weighted by Crippen LogP contribution is 2.37. The zero-order valence-electron chi connectivity index (χ0n) is 16.2. The quantitative estimate of drug-likeness (QED) is 0.718. The van der Waals surface area contributed by atoms with Gasteiger partial charge in [-0.1, -0.05) is 0 Å². The van der Waals surface area contributed by atoms with Crippen LogP contribution in [0.2, 0.25) is 0 Å². The Balaban J connectivity index is 1.26. The molecule has 2 aliphatic rings. The second kappa shape index (κ2) is 6.91. The lowest BCUT2D eigenvalue weighted by Gasteiger charge is -2.35. The Morgan fingerprint density at radius 3 is 2.33 bits per heavy atom. The molecule has 0 radical (unpaired) electrons. The molecule has 2 heterocycles. The maximum absolute atomic E-state index is 13.3. The summed E-state index contributed by atoms with van der Waals surface area (Å²) in [6.45, 7) is 1.70. The summed E-state index contributed by atoms with van der Waals surface area (Å²) in [4.78, 5) is 32.7. The van der Waals surface area contributed by atoms with E-state index in [-0.39, 0.29) is 17.6 Å². The molecule has 2 fully saturated rings. The van der Waals surface area contributed by atoms with Gasteiger partial charge in [0.15, 0.2) is 5.58 Å². The molecule has 1 aliphatic heterocycles. The van der Waals surface area contributed by atoms with Crippen LogP contribution in [-0.4, -0.2) is 63.5 Å².